The van der Waals surface area contributed by atoms with E-state index in [2.05, 4.69) is 6.58 Å². The van der Waals surface area contributed by atoms with Crippen molar-refractivity contribution >= 4 is 52.2 Å². The molecule has 1 amide bonds. The van der Waals surface area contributed by atoms with Gasteiger partial charge in [-0.25, -0.2) is 0 Å². The second-order valence-electron chi connectivity index (χ2n) is 6.25. The molecular formula is C20H19ClNO6PS. The van der Waals surface area contributed by atoms with Crippen molar-refractivity contribution in [3.63, 3.8) is 0 Å². The number of methoxy groups -OCH3 is 2. The van der Waals surface area contributed by atoms with Gasteiger partial charge in [-0.15, -0.1) is 11.3 Å². The van der Waals surface area contributed by atoms with E-state index in [1.165, 1.54) is 37.8 Å². The summed E-state index contributed by atoms with van der Waals surface area (Å²) in [7, 11) is -1.97. The molecule has 0 aliphatic rings. The summed E-state index contributed by atoms with van der Waals surface area (Å²) in [6, 6.07) is 9.69. The maximum absolute atomic E-state index is 13.4. The molecule has 158 valence electrons. The highest BCUT2D eigenvalue weighted by Crippen LogP contribution is 2.55. The number of fused-ring (bicyclic) bond motifs is 1. The van der Waals surface area contributed by atoms with Crippen LogP contribution in [0.15, 0.2) is 54.6 Å². The van der Waals surface area contributed by atoms with Gasteiger partial charge in [-0.3, -0.25) is 14.3 Å². The van der Waals surface area contributed by atoms with Crippen LogP contribution in [0.4, 0.5) is 5.69 Å². The number of amides is 1. The Bertz CT molecular complexity index is 1160. The number of benzene rings is 2. The Morgan fingerprint density at radius 1 is 1.20 bits per heavy atom. The fraction of sp³-hybridized carbons (Fsp3) is 0.150. The van der Waals surface area contributed by atoms with E-state index in [4.69, 9.17) is 21.1 Å². The van der Waals surface area contributed by atoms with E-state index in [9.17, 15) is 19.1 Å². The lowest BCUT2D eigenvalue weighted by Gasteiger charge is -2.25. The van der Waals surface area contributed by atoms with Crippen LogP contribution in [0.25, 0.3) is 10.1 Å². The number of thiophene rings is 1. The zero-order valence-corrected chi connectivity index (χ0v) is 18.6. The fourth-order valence-electron chi connectivity index (χ4n) is 3.12. The summed E-state index contributed by atoms with van der Waals surface area (Å²) in [5, 5.41) is 2.49. The van der Waals surface area contributed by atoms with Gasteiger partial charge in [0.15, 0.2) is 17.2 Å². The lowest BCUT2D eigenvalue weighted by Crippen LogP contribution is -2.30. The standard InChI is InChI=1S/C20H19ClNO6PS/c1-4-22(13-6-7-16(27-2)17(10-13)28-3)20(23)19(29(24,25)26)15-11-30-18-8-5-12(21)9-14(15)18/h4-11,19H,1H2,2-3H3,(H2,24,25,26). The van der Waals surface area contributed by atoms with Crippen LogP contribution >= 0.6 is 30.5 Å². The largest absolute Gasteiger partial charge is 0.493 e. The van der Waals surface area contributed by atoms with Crippen molar-refractivity contribution in [2.45, 2.75) is 5.66 Å². The number of hydrogen-bond acceptors (Lipinski definition) is 5. The van der Waals surface area contributed by atoms with Crippen LogP contribution in [0.5, 0.6) is 11.5 Å². The third-order valence-electron chi connectivity index (χ3n) is 4.50. The molecule has 2 N–H and O–H groups in total. The number of hydrogen-bond donors (Lipinski definition) is 2. The van der Waals surface area contributed by atoms with E-state index in [1.54, 1.807) is 35.7 Å². The molecule has 0 radical (unpaired) electrons. The SMILES string of the molecule is C=CN(C(=O)C(c1csc2ccc(Cl)cc12)P(=O)(O)O)c1ccc(OC)c(OC)c1. The second kappa shape index (κ2) is 8.79. The zero-order chi connectivity index (χ0) is 22.1. The Labute approximate surface area is 182 Å². The molecule has 3 aromatic rings. The van der Waals surface area contributed by atoms with Crippen molar-refractivity contribution in [3.05, 3.63) is 65.1 Å². The van der Waals surface area contributed by atoms with E-state index in [0.717, 1.165) is 9.60 Å². The first-order valence-corrected chi connectivity index (χ1v) is 11.5. The van der Waals surface area contributed by atoms with Crippen molar-refractivity contribution in [1.82, 2.24) is 0 Å². The molecule has 0 aliphatic heterocycles. The quantitative estimate of drug-likeness (QED) is 0.476. The maximum Gasteiger partial charge on any atom is 0.342 e. The molecule has 1 unspecified atom stereocenters. The summed E-state index contributed by atoms with van der Waals surface area (Å²) in [6.07, 6.45) is 1.20. The molecule has 7 nitrogen and oxygen atoms in total. The number of rotatable bonds is 7. The Morgan fingerprint density at radius 2 is 1.90 bits per heavy atom. The minimum atomic E-state index is -4.89. The predicted molar refractivity (Wildman–Crippen MR) is 119 cm³/mol. The number of carbonyl (C=O) groups is 1. The molecular weight excluding hydrogens is 449 g/mol. The third kappa shape index (κ3) is 4.24. The number of carbonyl (C=O) groups excluding carboxylic acids is 1. The first-order valence-electron chi connectivity index (χ1n) is 8.60. The fourth-order valence-corrected chi connectivity index (χ4v) is 5.35. The number of nitrogens with zero attached hydrogens (tertiary/aromatic N) is 1. The Morgan fingerprint density at radius 3 is 2.50 bits per heavy atom. The van der Waals surface area contributed by atoms with E-state index in [-0.39, 0.29) is 5.56 Å². The minimum Gasteiger partial charge on any atom is -0.493 e. The number of ether oxygens (including phenoxy) is 2. The van der Waals surface area contributed by atoms with Gasteiger partial charge in [-0.1, -0.05) is 18.2 Å². The van der Waals surface area contributed by atoms with Crippen molar-refractivity contribution in [3.8, 4) is 11.5 Å². The van der Waals surface area contributed by atoms with E-state index >= 15 is 0 Å². The highest BCUT2D eigenvalue weighted by atomic mass is 35.5. The number of anilines is 1. The van der Waals surface area contributed by atoms with Crippen molar-refractivity contribution in [1.29, 1.82) is 0 Å². The molecule has 0 saturated carbocycles. The molecule has 0 aliphatic carbocycles. The van der Waals surface area contributed by atoms with Crippen LogP contribution in [0.2, 0.25) is 5.02 Å². The van der Waals surface area contributed by atoms with Crippen LogP contribution in [-0.4, -0.2) is 29.9 Å². The average Bonchev–Trinajstić information content (AvgIpc) is 3.10. The predicted octanol–water partition coefficient (Wildman–Crippen LogP) is 4.97. The van der Waals surface area contributed by atoms with Gasteiger partial charge < -0.3 is 19.3 Å². The van der Waals surface area contributed by atoms with E-state index in [1.807, 2.05) is 0 Å². The molecule has 0 bridgehead atoms. The van der Waals surface area contributed by atoms with Gasteiger partial charge in [0.25, 0.3) is 5.91 Å². The van der Waals surface area contributed by atoms with Crippen LogP contribution < -0.4 is 14.4 Å². The summed E-state index contributed by atoms with van der Waals surface area (Å²) in [5.41, 5.74) is -1.19. The molecule has 30 heavy (non-hydrogen) atoms. The molecule has 1 atom stereocenters. The Hall–Kier alpha value is -2.35. The van der Waals surface area contributed by atoms with Crippen LogP contribution in [0.1, 0.15) is 11.2 Å². The zero-order valence-electron chi connectivity index (χ0n) is 16.1. The summed E-state index contributed by atoms with van der Waals surface area (Å²) in [4.78, 5) is 34.6. The maximum atomic E-state index is 13.4. The molecule has 1 heterocycles. The summed E-state index contributed by atoms with van der Waals surface area (Å²) < 4.78 is 23.6. The van der Waals surface area contributed by atoms with Gasteiger partial charge >= 0.3 is 7.60 Å². The van der Waals surface area contributed by atoms with Gasteiger partial charge in [0.1, 0.15) is 0 Å². The van der Waals surface area contributed by atoms with Crippen LogP contribution in [0, 0.1) is 0 Å². The molecule has 2 aromatic carbocycles. The van der Waals surface area contributed by atoms with Crippen molar-refractivity contribution < 1.29 is 28.6 Å². The Balaban J connectivity index is 2.12. The molecule has 0 spiro atoms. The second-order valence-corrected chi connectivity index (χ2v) is 9.30. The minimum absolute atomic E-state index is 0.211. The van der Waals surface area contributed by atoms with Crippen molar-refractivity contribution in [2.24, 2.45) is 0 Å². The van der Waals surface area contributed by atoms with Gasteiger partial charge in [0.05, 0.1) is 19.9 Å². The molecule has 0 saturated heterocycles. The Kier molecular flexibility index (Phi) is 6.55. The van der Waals surface area contributed by atoms with Gasteiger partial charge in [-0.05, 0) is 46.7 Å². The van der Waals surface area contributed by atoms with Crippen molar-refractivity contribution in [2.75, 3.05) is 19.1 Å². The summed E-state index contributed by atoms with van der Waals surface area (Å²) >= 11 is 7.34. The normalized spacial score (nSPS) is 12.4. The van der Waals surface area contributed by atoms with Gasteiger partial charge in [0, 0.05) is 22.0 Å². The highest BCUT2D eigenvalue weighted by Gasteiger charge is 2.41. The molecule has 1 aromatic heterocycles. The first-order chi connectivity index (χ1) is 14.2. The van der Waals surface area contributed by atoms with Gasteiger partial charge in [0.2, 0.25) is 0 Å². The highest BCUT2D eigenvalue weighted by molar-refractivity contribution is 7.53. The third-order valence-corrected chi connectivity index (χ3v) is 6.88. The summed E-state index contributed by atoms with van der Waals surface area (Å²) in [5.74, 6) is -0.0249. The first kappa shape index (κ1) is 22.3. The molecule has 0 fully saturated rings. The van der Waals surface area contributed by atoms with Gasteiger partial charge in [-0.2, -0.15) is 0 Å². The molecule has 10 heteroatoms. The average molecular weight is 468 g/mol. The van der Waals surface area contributed by atoms with E-state index < -0.39 is 19.2 Å². The van der Waals surface area contributed by atoms with E-state index in [0.29, 0.717) is 27.6 Å². The lowest BCUT2D eigenvalue weighted by molar-refractivity contribution is -0.118. The topological polar surface area (TPSA) is 96.3 Å². The lowest BCUT2D eigenvalue weighted by atomic mass is 10.1. The smallest absolute Gasteiger partial charge is 0.342 e. The van der Waals surface area contributed by atoms with Crippen LogP contribution in [0.3, 0.4) is 0 Å². The monoisotopic (exact) mass is 467 g/mol. The van der Waals surface area contributed by atoms with Crippen LogP contribution in [-0.2, 0) is 9.36 Å². The molecule has 3 rings (SSSR count). The summed E-state index contributed by atoms with van der Waals surface area (Å²) in [6.45, 7) is 3.64. The number of halogens is 1.